The first-order chi connectivity index (χ1) is 12.5. The summed E-state index contributed by atoms with van der Waals surface area (Å²) in [4.78, 5) is 13.2. The molecule has 1 aliphatic rings. The van der Waals surface area contributed by atoms with E-state index in [2.05, 4.69) is 22.2 Å². The molecule has 0 bridgehead atoms. The van der Waals surface area contributed by atoms with Crippen molar-refractivity contribution in [2.75, 3.05) is 18.2 Å². The molecule has 0 saturated heterocycles. The second-order valence-electron chi connectivity index (χ2n) is 5.87. The molecule has 4 nitrogen and oxygen atoms in total. The lowest BCUT2D eigenvalue weighted by Gasteiger charge is -2.12. The summed E-state index contributed by atoms with van der Waals surface area (Å²) in [6.07, 6.45) is 3.40. The highest BCUT2D eigenvalue weighted by molar-refractivity contribution is 8.00. The number of ether oxygens (including phenoxy) is 2. The van der Waals surface area contributed by atoms with Crippen molar-refractivity contribution in [1.29, 1.82) is 0 Å². The Labute approximate surface area is 154 Å². The van der Waals surface area contributed by atoms with E-state index in [-0.39, 0.29) is 23.2 Å². The molecule has 2 aromatic rings. The number of hydrogen-bond donors (Lipinski definition) is 1. The number of aryl methyl sites for hydroxylation is 2. The fraction of sp³-hybridized carbons (Fsp3) is 0.316. The summed E-state index contributed by atoms with van der Waals surface area (Å²) >= 11 is 1.45. The van der Waals surface area contributed by atoms with Crippen LogP contribution in [0.3, 0.4) is 0 Å². The minimum absolute atomic E-state index is 0.119. The predicted molar refractivity (Wildman–Crippen MR) is 97.4 cm³/mol. The van der Waals surface area contributed by atoms with E-state index in [0.29, 0.717) is 5.69 Å². The lowest BCUT2D eigenvalue weighted by molar-refractivity contribution is -0.113. The van der Waals surface area contributed by atoms with Crippen molar-refractivity contribution in [2.45, 2.75) is 30.8 Å². The van der Waals surface area contributed by atoms with Crippen molar-refractivity contribution in [3.05, 3.63) is 47.5 Å². The summed E-state index contributed by atoms with van der Waals surface area (Å²) in [5.74, 6) is 0.0709. The van der Waals surface area contributed by atoms with Gasteiger partial charge in [0.1, 0.15) is 0 Å². The number of anilines is 1. The summed E-state index contributed by atoms with van der Waals surface area (Å²) < 4.78 is 34.3. The minimum Gasteiger partial charge on any atom is -0.493 e. The van der Waals surface area contributed by atoms with E-state index in [9.17, 15) is 13.6 Å². The molecule has 0 aliphatic heterocycles. The molecule has 0 radical (unpaired) electrons. The van der Waals surface area contributed by atoms with E-state index >= 15 is 0 Å². The number of thioether (sulfide) groups is 1. The van der Waals surface area contributed by atoms with Gasteiger partial charge in [0.2, 0.25) is 5.91 Å². The molecule has 0 heterocycles. The molecule has 0 unspecified atom stereocenters. The number of alkyl halides is 2. The van der Waals surface area contributed by atoms with E-state index < -0.39 is 6.61 Å². The number of halogens is 2. The number of carbonyl (C=O) groups excluding carboxylic acids is 1. The highest BCUT2D eigenvalue weighted by Gasteiger charge is 2.14. The summed E-state index contributed by atoms with van der Waals surface area (Å²) in [7, 11) is 1.36. The zero-order chi connectivity index (χ0) is 18.5. The number of hydrogen-bond acceptors (Lipinski definition) is 4. The van der Waals surface area contributed by atoms with Gasteiger partial charge in [-0.1, -0.05) is 6.07 Å². The molecule has 7 heteroatoms. The van der Waals surface area contributed by atoms with Crippen LogP contribution < -0.4 is 14.8 Å². The Morgan fingerprint density at radius 1 is 1.15 bits per heavy atom. The Morgan fingerprint density at radius 2 is 1.96 bits per heavy atom. The number of nitrogens with one attached hydrogen (secondary N) is 1. The van der Waals surface area contributed by atoms with Gasteiger partial charge in [-0.05, 0) is 54.7 Å². The molecule has 1 N–H and O–H groups in total. The van der Waals surface area contributed by atoms with Gasteiger partial charge in [0.25, 0.3) is 0 Å². The van der Waals surface area contributed by atoms with Gasteiger partial charge in [-0.2, -0.15) is 8.78 Å². The van der Waals surface area contributed by atoms with Crippen LogP contribution in [0, 0.1) is 0 Å². The molecule has 0 aromatic heterocycles. The zero-order valence-corrected chi connectivity index (χ0v) is 15.1. The van der Waals surface area contributed by atoms with Gasteiger partial charge in [-0.25, -0.2) is 0 Å². The average molecular weight is 379 g/mol. The van der Waals surface area contributed by atoms with Gasteiger partial charge >= 0.3 is 6.61 Å². The first kappa shape index (κ1) is 18.5. The summed E-state index contributed by atoms with van der Waals surface area (Å²) in [5, 5.41) is 2.69. The second kappa shape index (κ2) is 8.40. The number of methoxy groups -OCH3 is 1. The highest BCUT2D eigenvalue weighted by atomic mass is 32.2. The maximum Gasteiger partial charge on any atom is 0.387 e. The van der Waals surface area contributed by atoms with Crippen LogP contribution in [0.5, 0.6) is 11.5 Å². The van der Waals surface area contributed by atoms with Gasteiger partial charge in [0.05, 0.1) is 12.9 Å². The van der Waals surface area contributed by atoms with Crippen molar-refractivity contribution in [2.24, 2.45) is 0 Å². The van der Waals surface area contributed by atoms with Gasteiger partial charge in [0, 0.05) is 16.6 Å². The third kappa shape index (κ3) is 4.66. The number of rotatable bonds is 7. The lowest BCUT2D eigenvalue weighted by Crippen LogP contribution is -2.14. The Balaban J connectivity index is 1.59. The molecule has 2 aromatic carbocycles. The molecule has 0 fully saturated rings. The van der Waals surface area contributed by atoms with Crippen LogP contribution in [0.2, 0.25) is 0 Å². The second-order valence-corrected chi connectivity index (χ2v) is 6.91. The van der Waals surface area contributed by atoms with Crippen LogP contribution in [0.4, 0.5) is 14.5 Å². The van der Waals surface area contributed by atoms with Crippen LogP contribution in [0.15, 0.2) is 41.3 Å². The predicted octanol–water partition coefficient (Wildman–Crippen LogP) is 4.52. The SMILES string of the molecule is COc1ccc(NC(=O)CSc2ccc3c(c2)CCC3)cc1OC(F)F. The maximum atomic E-state index is 12.5. The Hall–Kier alpha value is -2.28. The monoisotopic (exact) mass is 379 g/mol. The van der Waals surface area contributed by atoms with Gasteiger partial charge in [-0.15, -0.1) is 11.8 Å². The zero-order valence-electron chi connectivity index (χ0n) is 14.3. The van der Waals surface area contributed by atoms with E-state index in [4.69, 9.17) is 4.74 Å². The van der Waals surface area contributed by atoms with E-state index in [1.54, 1.807) is 6.07 Å². The van der Waals surface area contributed by atoms with Gasteiger partial charge in [0.15, 0.2) is 11.5 Å². The standard InChI is InChI=1S/C19H19F2NO3S/c1-24-16-8-6-14(10-17(16)25-19(20)21)22-18(23)11-26-15-7-5-12-3-2-4-13(12)9-15/h5-10,19H,2-4,11H2,1H3,(H,22,23). The molecule has 26 heavy (non-hydrogen) atoms. The lowest BCUT2D eigenvalue weighted by atomic mass is 10.1. The fourth-order valence-corrected chi connectivity index (χ4v) is 3.69. The Kier molecular flexibility index (Phi) is 5.98. The van der Waals surface area contributed by atoms with Crippen molar-refractivity contribution in [1.82, 2.24) is 0 Å². The van der Waals surface area contributed by atoms with E-state index in [1.807, 2.05) is 6.07 Å². The van der Waals surface area contributed by atoms with Gasteiger partial charge in [-0.3, -0.25) is 4.79 Å². The average Bonchev–Trinajstić information content (AvgIpc) is 3.07. The van der Waals surface area contributed by atoms with Crippen LogP contribution in [-0.2, 0) is 17.6 Å². The number of fused-ring (bicyclic) bond motifs is 1. The molecule has 1 aliphatic carbocycles. The molecule has 138 valence electrons. The van der Waals surface area contributed by atoms with Crippen molar-refractivity contribution in [3.8, 4) is 11.5 Å². The Bertz CT molecular complexity index is 798. The maximum absolute atomic E-state index is 12.5. The van der Waals surface area contributed by atoms with Crippen LogP contribution >= 0.6 is 11.8 Å². The molecule has 1 amide bonds. The summed E-state index contributed by atoms with van der Waals surface area (Å²) in [6.45, 7) is -2.97. The van der Waals surface area contributed by atoms with Crippen molar-refractivity contribution >= 4 is 23.4 Å². The number of amides is 1. The minimum atomic E-state index is -2.97. The van der Waals surface area contributed by atoms with Crippen LogP contribution in [-0.4, -0.2) is 25.4 Å². The third-order valence-corrected chi connectivity index (χ3v) is 5.10. The van der Waals surface area contributed by atoms with E-state index in [0.717, 1.165) is 17.7 Å². The molecular weight excluding hydrogens is 360 g/mol. The van der Waals surface area contributed by atoms with Crippen LogP contribution in [0.25, 0.3) is 0 Å². The largest absolute Gasteiger partial charge is 0.493 e. The highest BCUT2D eigenvalue weighted by Crippen LogP contribution is 2.32. The molecule has 0 saturated carbocycles. The number of benzene rings is 2. The Morgan fingerprint density at radius 3 is 2.73 bits per heavy atom. The third-order valence-electron chi connectivity index (χ3n) is 4.10. The normalized spacial score (nSPS) is 12.8. The first-order valence-corrected chi connectivity index (χ1v) is 9.21. The molecule has 0 atom stereocenters. The fourth-order valence-electron chi connectivity index (χ4n) is 2.93. The van der Waals surface area contributed by atoms with E-state index in [1.165, 1.54) is 48.6 Å². The molecule has 3 rings (SSSR count). The smallest absolute Gasteiger partial charge is 0.387 e. The summed E-state index contributed by atoms with van der Waals surface area (Å²) in [5.41, 5.74) is 3.13. The van der Waals surface area contributed by atoms with Crippen molar-refractivity contribution in [3.63, 3.8) is 0 Å². The number of carbonyl (C=O) groups is 1. The summed E-state index contributed by atoms with van der Waals surface area (Å²) in [6, 6.07) is 10.7. The topological polar surface area (TPSA) is 47.6 Å². The molecular formula is C19H19F2NO3S. The molecule has 0 spiro atoms. The first-order valence-electron chi connectivity index (χ1n) is 8.22. The van der Waals surface area contributed by atoms with Gasteiger partial charge < -0.3 is 14.8 Å². The van der Waals surface area contributed by atoms with Crippen LogP contribution in [0.1, 0.15) is 17.5 Å². The van der Waals surface area contributed by atoms with Crippen molar-refractivity contribution < 1.29 is 23.0 Å². The quantitative estimate of drug-likeness (QED) is 0.719.